The van der Waals surface area contributed by atoms with Crippen molar-refractivity contribution < 1.29 is 14.3 Å². The van der Waals surface area contributed by atoms with Gasteiger partial charge < -0.3 is 9.64 Å². The van der Waals surface area contributed by atoms with E-state index in [1.807, 2.05) is 6.07 Å². The minimum absolute atomic E-state index is 0.420. The molecule has 2 fully saturated rings. The van der Waals surface area contributed by atoms with Gasteiger partial charge in [-0.2, -0.15) is 5.26 Å². The molecule has 98 valence electrons. The van der Waals surface area contributed by atoms with Crippen LogP contribution in [0, 0.1) is 17.2 Å². The predicted molar refractivity (Wildman–Crippen MR) is 63.3 cm³/mol. The molecule has 0 bridgehead atoms. The number of likely N-dealkylation sites (tertiary alicyclic amines) is 1. The van der Waals surface area contributed by atoms with Crippen LogP contribution in [0.25, 0.3) is 0 Å². The number of rotatable bonds is 1. The van der Waals surface area contributed by atoms with Gasteiger partial charge >= 0.3 is 11.9 Å². The summed E-state index contributed by atoms with van der Waals surface area (Å²) in [6.45, 7) is 3.28. The summed E-state index contributed by atoms with van der Waals surface area (Å²) in [5.41, 5.74) is -1.03. The lowest BCUT2D eigenvalue weighted by molar-refractivity contribution is -0.173. The van der Waals surface area contributed by atoms with Gasteiger partial charge in [-0.25, -0.2) is 4.79 Å². The van der Waals surface area contributed by atoms with E-state index in [-0.39, 0.29) is 0 Å². The normalized spacial score (nSPS) is 25.8. The summed E-state index contributed by atoms with van der Waals surface area (Å²) >= 11 is 0. The molecule has 0 radical (unpaired) electrons. The van der Waals surface area contributed by atoms with Crippen LogP contribution in [-0.4, -0.2) is 35.5 Å². The van der Waals surface area contributed by atoms with Crippen molar-refractivity contribution >= 4 is 11.9 Å². The van der Waals surface area contributed by atoms with E-state index in [9.17, 15) is 9.59 Å². The molecule has 0 spiro atoms. The Hall–Kier alpha value is -1.57. The average Bonchev–Trinajstić information content (AvgIpc) is 2.32. The lowest BCUT2D eigenvalue weighted by atomic mass is 9.81. The topological polar surface area (TPSA) is 70.4 Å². The second-order valence-corrected chi connectivity index (χ2v) is 5.35. The Bertz CT molecular complexity index is 396. The van der Waals surface area contributed by atoms with Crippen LogP contribution in [0.5, 0.6) is 0 Å². The fraction of sp³-hybridized carbons (Fsp3) is 0.769. The summed E-state index contributed by atoms with van der Waals surface area (Å²) in [6, 6.07) is 2.00. The highest BCUT2D eigenvalue weighted by Gasteiger charge is 2.43. The monoisotopic (exact) mass is 250 g/mol. The smallest absolute Gasteiger partial charge is 0.398 e. The molecule has 1 saturated heterocycles. The van der Waals surface area contributed by atoms with E-state index in [1.165, 1.54) is 0 Å². The Morgan fingerprint density at radius 2 is 2.11 bits per heavy atom. The van der Waals surface area contributed by atoms with Crippen LogP contribution in [0.3, 0.4) is 0 Å². The van der Waals surface area contributed by atoms with E-state index < -0.39 is 17.5 Å². The summed E-state index contributed by atoms with van der Waals surface area (Å²) in [6.07, 6.45) is 3.96. The second-order valence-electron chi connectivity index (χ2n) is 5.35. The Morgan fingerprint density at radius 3 is 2.61 bits per heavy atom. The largest absolute Gasteiger partial charge is 0.436 e. The quantitative estimate of drug-likeness (QED) is 0.518. The van der Waals surface area contributed by atoms with E-state index in [0.717, 1.165) is 19.3 Å². The zero-order valence-corrected chi connectivity index (χ0v) is 10.6. The summed E-state index contributed by atoms with van der Waals surface area (Å²) in [7, 11) is 0. The number of carbonyl (C=O) groups is 2. The molecular formula is C13H18N2O3. The number of nitrogens with zero attached hydrogens (tertiary/aromatic N) is 2. The first kappa shape index (κ1) is 12.9. The van der Waals surface area contributed by atoms with Crippen LogP contribution in [-0.2, 0) is 14.3 Å². The van der Waals surface area contributed by atoms with Crippen molar-refractivity contribution in [1.82, 2.24) is 4.90 Å². The summed E-state index contributed by atoms with van der Waals surface area (Å²) in [5, 5.41) is 8.97. The van der Waals surface area contributed by atoms with Crippen LogP contribution in [0.4, 0.5) is 0 Å². The molecule has 0 N–H and O–H groups in total. The van der Waals surface area contributed by atoms with Crippen molar-refractivity contribution in [2.45, 2.75) is 44.6 Å². The molecule has 18 heavy (non-hydrogen) atoms. The SMILES string of the molecule is CC1CCCN(C(=O)C(=O)OC2(C#N)CCC2)C1. The maximum atomic E-state index is 11.9. The number of nitriles is 1. The third kappa shape index (κ3) is 2.47. The number of ether oxygens (including phenoxy) is 1. The molecule has 1 amide bonds. The summed E-state index contributed by atoms with van der Waals surface area (Å²) in [5.74, 6) is -1.04. The van der Waals surface area contributed by atoms with Crippen molar-refractivity contribution in [3.8, 4) is 6.07 Å². The first-order chi connectivity index (χ1) is 8.56. The highest BCUT2D eigenvalue weighted by atomic mass is 16.6. The fourth-order valence-corrected chi connectivity index (χ4v) is 2.46. The Labute approximate surface area is 107 Å². The standard InChI is InChI=1S/C13H18N2O3/c1-10-4-2-7-15(8-10)11(16)12(17)18-13(9-14)5-3-6-13/h10H,2-8H2,1H3. The number of hydrogen-bond acceptors (Lipinski definition) is 4. The highest BCUT2D eigenvalue weighted by molar-refractivity contribution is 6.32. The summed E-state index contributed by atoms with van der Waals surface area (Å²) in [4.78, 5) is 25.2. The van der Waals surface area contributed by atoms with Crippen LogP contribution in [0.1, 0.15) is 39.0 Å². The Morgan fingerprint density at radius 1 is 1.39 bits per heavy atom. The van der Waals surface area contributed by atoms with Crippen molar-refractivity contribution in [3.63, 3.8) is 0 Å². The van der Waals surface area contributed by atoms with Crippen LogP contribution < -0.4 is 0 Å². The van der Waals surface area contributed by atoms with Gasteiger partial charge in [-0.15, -0.1) is 0 Å². The maximum absolute atomic E-state index is 11.9. The molecule has 0 aromatic heterocycles. The third-order valence-electron chi connectivity index (χ3n) is 3.77. The Kier molecular flexibility index (Phi) is 3.55. The van der Waals surface area contributed by atoms with E-state index >= 15 is 0 Å². The number of piperidine rings is 1. The van der Waals surface area contributed by atoms with Crippen molar-refractivity contribution in [3.05, 3.63) is 0 Å². The van der Waals surface area contributed by atoms with Gasteiger partial charge in [0, 0.05) is 25.9 Å². The lowest BCUT2D eigenvalue weighted by Gasteiger charge is -2.35. The maximum Gasteiger partial charge on any atom is 0.398 e. The molecule has 1 saturated carbocycles. The zero-order chi connectivity index (χ0) is 13.2. The third-order valence-corrected chi connectivity index (χ3v) is 3.77. The first-order valence-electron chi connectivity index (χ1n) is 6.50. The van der Waals surface area contributed by atoms with Gasteiger partial charge in [0.05, 0.1) is 0 Å². The molecule has 1 heterocycles. The van der Waals surface area contributed by atoms with Gasteiger partial charge in [0.1, 0.15) is 6.07 Å². The lowest BCUT2D eigenvalue weighted by Crippen LogP contribution is -2.48. The minimum atomic E-state index is -1.03. The van der Waals surface area contributed by atoms with Gasteiger partial charge in [0.15, 0.2) is 5.60 Å². The van der Waals surface area contributed by atoms with E-state index in [2.05, 4.69) is 6.92 Å². The fourth-order valence-electron chi connectivity index (χ4n) is 2.46. The number of esters is 1. The Balaban J connectivity index is 1.92. The molecule has 1 unspecified atom stereocenters. The van der Waals surface area contributed by atoms with Crippen LogP contribution in [0.2, 0.25) is 0 Å². The molecule has 1 aliphatic carbocycles. The molecule has 1 aliphatic heterocycles. The molecule has 0 aromatic carbocycles. The number of hydrogen-bond donors (Lipinski definition) is 0. The molecule has 5 nitrogen and oxygen atoms in total. The first-order valence-corrected chi connectivity index (χ1v) is 6.50. The van der Waals surface area contributed by atoms with E-state index in [4.69, 9.17) is 10.00 Å². The average molecular weight is 250 g/mol. The molecular weight excluding hydrogens is 232 g/mol. The number of carbonyl (C=O) groups excluding carboxylic acids is 2. The predicted octanol–water partition coefficient (Wildman–Crippen LogP) is 1.23. The molecule has 1 atom stereocenters. The molecule has 2 aliphatic rings. The summed E-state index contributed by atoms with van der Waals surface area (Å²) < 4.78 is 5.08. The van der Waals surface area contributed by atoms with E-state index in [0.29, 0.717) is 31.8 Å². The molecule has 2 rings (SSSR count). The van der Waals surface area contributed by atoms with E-state index in [1.54, 1.807) is 4.90 Å². The van der Waals surface area contributed by atoms with Crippen molar-refractivity contribution in [1.29, 1.82) is 5.26 Å². The van der Waals surface area contributed by atoms with Crippen LogP contribution >= 0.6 is 0 Å². The van der Waals surface area contributed by atoms with Crippen LogP contribution in [0.15, 0.2) is 0 Å². The molecule has 0 aromatic rings. The minimum Gasteiger partial charge on any atom is -0.436 e. The molecule has 5 heteroatoms. The van der Waals surface area contributed by atoms with Gasteiger partial charge in [-0.3, -0.25) is 4.79 Å². The van der Waals surface area contributed by atoms with Gasteiger partial charge in [-0.05, 0) is 25.2 Å². The van der Waals surface area contributed by atoms with Crippen molar-refractivity contribution in [2.24, 2.45) is 5.92 Å². The zero-order valence-electron chi connectivity index (χ0n) is 10.6. The van der Waals surface area contributed by atoms with Gasteiger partial charge in [0.2, 0.25) is 0 Å². The van der Waals surface area contributed by atoms with Crippen molar-refractivity contribution in [2.75, 3.05) is 13.1 Å². The second kappa shape index (κ2) is 4.97. The van der Waals surface area contributed by atoms with Gasteiger partial charge in [0.25, 0.3) is 0 Å². The van der Waals surface area contributed by atoms with Gasteiger partial charge in [-0.1, -0.05) is 6.92 Å². The highest BCUT2D eigenvalue weighted by Crippen LogP contribution is 2.35. The number of amides is 1.